The summed E-state index contributed by atoms with van der Waals surface area (Å²) >= 11 is 0. The number of hydrogen-bond acceptors (Lipinski definition) is 9. The van der Waals surface area contributed by atoms with E-state index in [-0.39, 0.29) is 18.4 Å². The summed E-state index contributed by atoms with van der Waals surface area (Å²) in [7, 11) is 0. The van der Waals surface area contributed by atoms with Crippen molar-refractivity contribution in [2.24, 2.45) is 0 Å². The van der Waals surface area contributed by atoms with Gasteiger partial charge in [0.1, 0.15) is 11.4 Å². The Labute approximate surface area is 212 Å². The zero-order valence-corrected chi connectivity index (χ0v) is 20.5. The van der Waals surface area contributed by atoms with Crippen molar-refractivity contribution in [1.29, 1.82) is 0 Å². The molecule has 37 heavy (non-hydrogen) atoms. The molecule has 5 rings (SSSR count). The fraction of sp³-hybridized carbons (Fsp3) is 0.385. The lowest BCUT2D eigenvalue weighted by molar-refractivity contribution is -0.205. The molecule has 0 atom stereocenters. The number of hydrogen-bond donors (Lipinski definition) is 2. The lowest BCUT2D eigenvalue weighted by Gasteiger charge is -2.38. The predicted molar refractivity (Wildman–Crippen MR) is 129 cm³/mol. The molecule has 11 nitrogen and oxygen atoms in total. The molecule has 1 fully saturated rings. The summed E-state index contributed by atoms with van der Waals surface area (Å²) in [5, 5.41) is 22.1. The average Bonchev–Trinajstić information content (AvgIpc) is 3.43. The Hall–Kier alpha value is -4.12. The van der Waals surface area contributed by atoms with Gasteiger partial charge in [0.2, 0.25) is 5.82 Å². The maximum atomic E-state index is 11.0. The van der Waals surface area contributed by atoms with Gasteiger partial charge in [-0.25, -0.2) is 9.59 Å². The second-order valence-corrected chi connectivity index (χ2v) is 9.90. The summed E-state index contributed by atoms with van der Waals surface area (Å²) < 4.78 is 21.0. The second-order valence-electron chi connectivity index (χ2n) is 9.90. The molecule has 3 heterocycles. The molecule has 0 unspecified atom stereocenters. The van der Waals surface area contributed by atoms with Crippen molar-refractivity contribution in [3.63, 3.8) is 0 Å². The van der Waals surface area contributed by atoms with E-state index in [2.05, 4.69) is 28.9 Å². The van der Waals surface area contributed by atoms with E-state index in [4.69, 9.17) is 28.9 Å². The van der Waals surface area contributed by atoms with Crippen LogP contribution in [0.25, 0.3) is 22.8 Å². The van der Waals surface area contributed by atoms with E-state index in [1.54, 1.807) is 0 Å². The maximum absolute atomic E-state index is 11.0. The Kier molecular flexibility index (Phi) is 6.24. The zero-order valence-electron chi connectivity index (χ0n) is 20.5. The third kappa shape index (κ3) is 5.51. The Morgan fingerprint density at radius 3 is 2.30 bits per heavy atom. The van der Waals surface area contributed by atoms with Crippen LogP contribution in [0.2, 0.25) is 0 Å². The minimum absolute atomic E-state index is 0.113. The molecule has 1 saturated heterocycles. The van der Waals surface area contributed by atoms with Crippen LogP contribution in [0.15, 0.2) is 47.0 Å². The fourth-order valence-electron chi connectivity index (χ4n) is 4.81. The highest BCUT2D eigenvalue weighted by atomic mass is 16.8. The van der Waals surface area contributed by atoms with Gasteiger partial charge in [-0.1, -0.05) is 29.4 Å². The van der Waals surface area contributed by atoms with Crippen LogP contribution < -0.4 is 4.74 Å². The molecule has 11 heteroatoms. The molecular weight excluding hydrogens is 482 g/mol. The van der Waals surface area contributed by atoms with Crippen molar-refractivity contribution in [2.45, 2.75) is 51.0 Å². The van der Waals surface area contributed by atoms with Crippen molar-refractivity contribution < 1.29 is 38.5 Å². The molecule has 2 aliphatic rings. The first-order valence-electron chi connectivity index (χ1n) is 11.9. The van der Waals surface area contributed by atoms with Crippen LogP contribution in [0.1, 0.15) is 37.8 Å². The van der Waals surface area contributed by atoms with E-state index in [1.165, 1.54) is 0 Å². The third-order valence-electron chi connectivity index (χ3n) is 6.52. The largest absolute Gasteiger partial charge is 0.509 e. The molecule has 0 aliphatic carbocycles. The number of benzene rings is 2. The van der Waals surface area contributed by atoms with Gasteiger partial charge in [0.25, 0.3) is 11.7 Å². The van der Waals surface area contributed by atoms with E-state index < -0.39 is 18.1 Å². The normalized spacial score (nSPS) is 18.0. The molecule has 0 spiro atoms. The van der Waals surface area contributed by atoms with Gasteiger partial charge in [-0.3, -0.25) is 4.90 Å². The zero-order chi connectivity index (χ0) is 26.2. The Morgan fingerprint density at radius 1 is 1.00 bits per heavy atom. The van der Waals surface area contributed by atoms with Gasteiger partial charge in [0, 0.05) is 50.0 Å². The summed E-state index contributed by atoms with van der Waals surface area (Å²) in [6, 6.07) is 13.6. The Morgan fingerprint density at radius 2 is 1.65 bits per heavy atom. The number of fused-ring (bicyclic) bond motifs is 1. The highest BCUT2D eigenvalue weighted by molar-refractivity contribution is 5.62. The van der Waals surface area contributed by atoms with Crippen LogP contribution in [0.3, 0.4) is 0 Å². The summed E-state index contributed by atoms with van der Waals surface area (Å²) in [6.45, 7) is 5.54. The van der Waals surface area contributed by atoms with Crippen molar-refractivity contribution in [3.05, 3.63) is 53.6 Å². The number of ether oxygens (including phenoxy) is 3. The van der Waals surface area contributed by atoms with Crippen LogP contribution in [0.4, 0.5) is 9.59 Å². The molecule has 1 aromatic heterocycles. The van der Waals surface area contributed by atoms with E-state index >= 15 is 0 Å². The molecule has 2 aromatic carbocycles. The minimum atomic E-state index is -1.67. The third-order valence-corrected chi connectivity index (χ3v) is 6.52. The molecule has 3 aromatic rings. The van der Waals surface area contributed by atoms with Crippen LogP contribution in [-0.2, 0) is 22.4 Å². The van der Waals surface area contributed by atoms with Crippen molar-refractivity contribution in [2.75, 3.05) is 13.1 Å². The summed E-state index contributed by atoms with van der Waals surface area (Å²) in [4.78, 5) is 28.6. The quantitative estimate of drug-likeness (QED) is 0.349. The van der Waals surface area contributed by atoms with E-state index in [9.17, 15) is 9.59 Å². The van der Waals surface area contributed by atoms with Crippen LogP contribution in [0, 0.1) is 0 Å². The van der Waals surface area contributed by atoms with Gasteiger partial charge in [-0.2, -0.15) is 4.98 Å². The number of aromatic nitrogens is 2. The predicted octanol–water partition coefficient (Wildman–Crippen LogP) is 4.80. The maximum Gasteiger partial charge on any atom is 0.509 e. The molecule has 194 valence electrons. The van der Waals surface area contributed by atoms with Gasteiger partial charge in [-0.05, 0) is 43.2 Å². The number of rotatable bonds is 6. The molecule has 2 N–H and O–H groups in total. The van der Waals surface area contributed by atoms with Crippen LogP contribution >= 0.6 is 0 Å². The highest BCUT2D eigenvalue weighted by Crippen LogP contribution is 2.37. The second kappa shape index (κ2) is 9.40. The van der Waals surface area contributed by atoms with E-state index in [1.807, 2.05) is 42.5 Å². The van der Waals surface area contributed by atoms with Crippen molar-refractivity contribution in [1.82, 2.24) is 15.0 Å². The van der Waals surface area contributed by atoms with Gasteiger partial charge in [-0.15, -0.1) is 0 Å². The fourth-order valence-corrected chi connectivity index (χ4v) is 4.81. The summed E-state index contributed by atoms with van der Waals surface area (Å²) in [6.07, 6.45) is -2.09. The van der Waals surface area contributed by atoms with Crippen LogP contribution in [0.5, 0.6) is 5.75 Å². The van der Waals surface area contributed by atoms with Gasteiger partial charge >= 0.3 is 12.3 Å². The number of carbonyl (C=O) groups is 2. The number of likely N-dealkylation sites (tertiary alicyclic amines) is 1. The smallest absolute Gasteiger partial charge is 0.487 e. The Bertz CT molecular complexity index is 1290. The molecule has 0 saturated carbocycles. The first kappa shape index (κ1) is 24.6. The summed E-state index contributed by atoms with van der Waals surface area (Å²) in [5.41, 5.74) is 3.57. The number of carboxylic acid groups (broad SMARTS) is 2. The summed E-state index contributed by atoms with van der Waals surface area (Å²) in [5.74, 6) is 0.136. The van der Waals surface area contributed by atoms with Crippen molar-refractivity contribution in [3.8, 4) is 28.6 Å². The average molecular weight is 510 g/mol. The Balaban J connectivity index is 1.21. The standard InChI is InChI=1S/C26H27N3O8/c1-25(2)14-19-13-18(7-8-20(19)34-25)22-27-21(28-37-22)17-5-3-16(4-6-17)15-29-11-9-26(10-12-29,35-23(30)31)36-24(32)33/h3-8,13H,9-12,14-15H2,1-2H3,(H,30,31)(H,32,33). The van der Waals surface area contributed by atoms with Gasteiger partial charge in [0.05, 0.1) is 0 Å². The van der Waals surface area contributed by atoms with Crippen molar-refractivity contribution >= 4 is 12.3 Å². The number of nitrogens with zero attached hydrogens (tertiary/aromatic N) is 3. The topological polar surface area (TPSA) is 144 Å². The monoisotopic (exact) mass is 509 g/mol. The highest BCUT2D eigenvalue weighted by Gasteiger charge is 2.42. The van der Waals surface area contributed by atoms with E-state index in [0.29, 0.717) is 31.3 Å². The molecule has 2 aliphatic heterocycles. The van der Waals surface area contributed by atoms with Gasteiger partial charge < -0.3 is 28.9 Å². The lowest BCUT2D eigenvalue weighted by atomic mass is 10.0. The molecule has 0 radical (unpaired) electrons. The van der Waals surface area contributed by atoms with E-state index in [0.717, 1.165) is 34.4 Å². The minimum Gasteiger partial charge on any atom is -0.487 e. The van der Waals surface area contributed by atoms with Gasteiger partial charge in [0.15, 0.2) is 0 Å². The molecular formula is C26H27N3O8. The number of piperidine rings is 1. The molecule has 0 bridgehead atoms. The SMILES string of the molecule is CC1(C)Cc2cc(-c3nc(-c4ccc(CN5CCC(OC(=O)O)(OC(=O)O)CC5)cc4)no3)ccc2O1. The lowest BCUT2D eigenvalue weighted by Crippen LogP contribution is -2.49. The first-order chi connectivity index (χ1) is 17.6. The first-order valence-corrected chi connectivity index (χ1v) is 11.9. The molecule has 0 amide bonds. The van der Waals surface area contributed by atoms with Crippen LogP contribution in [-0.4, -0.2) is 62.0 Å².